The molecule has 10 nitrogen and oxygen atoms in total. The van der Waals surface area contributed by atoms with Crippen molar-refractivity contribution < 1.29 is 14.0 Å². The van der Waals surface area contributed by atoms with Crippen LogP contribution in [0.25, 0.3) is 11.0 Å². The average Bonchev–Trinajstić information content (AvgIpc) is 3.14. The monoisotopic (exact) mass is 468 g/mol. The van der Waals surface area contributed by atoms with E-state index in [1.54, 1.807) is 44.0 Å². The minimum atomic E-state index is -0.823. The van der Waals surface area contributed by atoms with Crippen LogP contribution in [-0.2, 0) is 7.05 Å². The number of nitrogens with two attached hydrogens (primary N) is 2. The second-order valence-electron chi connectivity index (χ2n) is 8.79. The summed E-state index contributed by atoms with van der Waals surface area (Å²) in [6.45, 7) is 0. The first kappa shape index (κ1) is 23.4. The largest absolute Gasteiger partial charge is 0.365 e. The molecule has 0 saturated heterocycles. The van der Waals surface area contributed by atoms with E-state index in [0.717, 1.165) is 31.7 Å². The highest BCUT2D eigenvalue weighted by atomic mass is 19.1. The van der Waals surface area contributed by atoms with Crippen molar-refractivity contribution in [3.8, 4) is 0 Å². The molecular weight excluding hydrogens is 439 g/mol. The third-order valence-electron chi connectivity index (χ3n) is 6.19. The third-order valence-corrected chi connectivity index (χ3v) is 6.19. The number of halogens is 1. The molecule has 0 aromatic carbocycles. The zero-order chi connectivity index (χ0) is 24.6. The van der Waals surface area contributed by atoms with Crippen LogP contribution >= 0.6 is 0 Å². The van der Waals surface area contributed by atoms with Crippen LogP contribution < -0.4 is 22.1 Å². The number of fused-ring (bicyclic) bond motifs is 1. The molecule has 1 fully saturated rings. The fraction of sp³-hybridized carbons (Fsp3) is 0.391. The van der Waals surface area contributed by atoms with E-state index in [0.29, 0.717) is 22.4 Å². The zero-order valence-electron chi connectivity index (χ0n) is 19.4. The Balaban J connectivity index is 1.75. The number of primary amides is 1. The highest BCUT2D eigenvalue weighted by Gasteiger charge is 2.25. The molecule has 3 aromatic rings. The molecule has 0 radical (unpaired) electrons. The van der Waals surface area contributed by atoms with Crippen LogP contribution in [0.1, 0.15) is 46.5 Å². The van der Waals surface area contributed by atoms with Gasteiger partial charge in [-0.15, -0.1) is 0 Å². The summed E-state index contributed by atoms with van der Waals surface area (Å²) in [6.07, 6.45) is 5.26. The second kappa shape index (κ2) is 9.26. The lowest BCUT2D eigenvalue weighted by atomic mass is 9.91. The number of anilines is 3. The number of carbonyl (C=O) groups excluding carboxylic acids is 2. The Morgan fingerprint density at radius 2 is 1.94 bits per heavy atom. The number of pyridine rings is 2. The topological polar surface area (TPSA) is 144 Å². The maximum atomic E-state index is 14.8. The second-order valence-corrected chi connectivity index (χ2v) is 8.79. The van der Waals surface area contributed by atoms with Crippen molar-refractivity contribution in [2.45, 2.75) is 37.8 Å². The summed E-state index contributed by atoms with van der Waals surface area (Å²) in [6, 6.07) is 4.23. The standard InChI is InChI=1S/C23H29FN8O2/c1-31(2)23(34)18-11-12-16(8-9-27-22(12)32(18)3)28-20-13(19(26)33)10-14(24)21(30-20)29-17-7-5-4-6-15(17)25/h8-11,15,17H,4-7,25H2,1-3H3,(H2,26,33)(H2,27,28,29,30)/t15-,17?/m0/s1. The first-order valence-corrected chi connectivity index (χ1v) is 11.1. The van der Waals surface area contributed by atoms with Gasteiger partial charge in [-0.1, -0.05) is 12.8 Å². The van der Waals surface area contributed by atoms with Crippen molar-refractivity contribution in [2.75, 3.05) is 24.7 Å². The van der Waals surface area contributed by atoms with Crippen molar-refractivity contribution in [1.29, 1.82) is 0 Å². The Kier molecular flexibility index (Phi) is 6.38. The van der Waals surface area contributed by atoms with Crippen LogP contribution in [-0.4, -0.2) is 57.4 Å². The molecule has 1 unspecified atom stereocenters. The summed E-state index contributed by atoms with van der Waals surface area (Å²) in [7, 11) is 5.08. The summed E-state index contributed by atoms with van der Waals surface area (Å²) in [5, 5.41) is 6.83. The number of nitrogens with zero attached hydrogens (tertiary/aromatic N) is 4. The number of carbonyl (C=O) groups is 2. The molecule has 0 bridgehead atoms. The minimum absolute atomic E-state index is 0.00307. The van der Waals surface area contributed by atoms with E-state index in [1.165, 1.54) is 4.90 Å². The lowest BCUT2D eigenvalue weighted by Gasteiger charge is -2.30. The molecule has 1 aliphatic rings. The zero-order valence-corrected chi connectivity index (χ0v) is 19.4. The van der Waals surface area contributed by atoms with Gasteiger partial charge in [-0.3, -0.25) is 9.59 Å². The van der Waals surface area contributed by atoms with Gasteiger partial charge in [0.05, 0.1) is 11.3 Å². The van der Waals surface area contributed by atoms with Gasteiger partial charge in [0, 0.05) is 44.8 Å². The molecule has 3 heterocycles. The van der Waals surface area contributed by atoms with Gasteiger partial charge in [-0.05, 0) is 31.0 Å². The van der Waals surface area contributed by atoms with Crippen molar-refractivity contribution in [3.05, 3.63) is 41.5 Å². The fourth-order valence-corrected chi connectivity index (χ4v) is 4.28. The van der Waals surface area contributed by atoms with Crippen LogP contribution in [0, 0.1) is 5.82 Å². The summed E-state index contributed by atoms with van der Waals surface area (Å²) in [4.78, 5) is 34.9. The van der Waals surface area contributed by atoms with E-state index in [1.807, 2.05) is 0 Å². The maximum absolute atomic E-state index is 14.8. The summed E-state index contributed by atoms with van der Waals surface area (Å²) in [5.41, 5.74) is 13.2. The van der Waals surface area contributed by atoms with Crippen molar-refractivity contribution in [3.63, 3.8) is 0 Å². The molecule has 0 spiro atoms. The number of aromatic nitrogens is 3. The lowest BCUT2D eigenvalue weighted by molar-refractivity contribution is 0.0818. The first-order chi connectivity index (χ1) is 16.2. The van der Waals surface area contributed by atoms with Crippen LogP contribution in [0.3, 0.4) is 0 Å². The average molecular weight is 469 g/mol. The first-order valence-electron chi connectivity index (χ1n) is 11.1. The third kappa shape index (κ3) is 4.38. The smallest absolute Gasteiger partial charge is 0.270 e. The molecule has 4 rings (SSSR count). The highest BCUT2D eigenvalue weighted by Crippen LogP contribution is 2.31. The molecule has 34 heavy (non-hydrogen) atoms. The van der Waals surface area contributed by atoms with Crippen LogP contribution in [0.2, 0.25) is 0 Å². The van der Waals surface area contributed by atoms with E-state index in [2.05, 4.69) is 20.6 Å². The van der Waals surface area contributed by atoms with Gasteiger partial charge in [-0.2, -0.15) is 0 Å². The molecule has 3 aromatic heterocycles. The molecule has 2 amide bonds. The molecule has 6 N–H and O–H groups in total. The van der Waals surface area contributed by atoms with E-state index < -0.39 is 11.7 Å². The normalized spacial score (nSPS) is 18.0. The van der Waals surface area contributed by atoms with E-state index in [9.17, 15) is 14.0 Å². The Morgan fingerprint density at radius 1 is 1.21 bits per heavy atom. The van der Waals surface area contributed by atoms with E-state index in [4.69, 9.17) is 11.5 Å². The van der Waals surface area contributed by atoms with Crippen molar-refractivity contribution >= 4 is 40.2 Å². The molecule has 2 atom stereocenters. The maximum Gasteiger partial charge on any atom is 0.270 e. The number of nitrogens with one attached hydrogen (secondary N) is 2. The number of aryl methyl sites for hydroxylation is 1. The van der Waals surface area contributed by atoms with E-state index >= 15 is 0 Å². The molecular formula is C23H29FN8O2. The number of hydrogen-bond acceptors (Lipinski definition) is 7. The highest BCUT2D eigenvalue weighted by molar-refractivity contribution is 6.03. The minimum Gasteiger partial charge on any atom is -0.365 e. The lowest BCUT2D eigenvalue weighted by Crippen LogP contribution is -2.43. The summed E-state index contributed by atoms with van der Waals surface area (Å²) in [5.74, 6) is -1.60. The molecule has 180 valence electrons. The quantitative estimate of drug-likeness (QED) is 0.435. The van der Waals surface area contributed by atoms with Gasteiger partial charge in [0.25, 0.3) is 11.8 Å². The number of hydrogen-bond donors (Lipinski definition) is 4. The van der Waals surface area contributed by atoms with Gasteiger partial charge >= 0.3 is 0 Å². The van der Waals surface area contributed by atoms with Gasteiger partial charge in [-0.25, -0.2) is 14.4 Å². The molecule has 1 saturated carbocycles. The Morgan fingerprint density at radius 3 is 2.62 bits per heavy atom. The van der Waals surface area contributed by atoms with Crippen LogP contribution in [0.5, 0.6) is 0 Å². The van der Waals surface area contributed by atoms with Crippen LogP contribution in [0.15, 0.2) is 24.4 Å². The summed E-state index contributed by atoms with van der Waals surface area (Å²) >= 11 is 0. The Labute approximate surface area is 196 Å². The predicted molar refractivity (Wildman–Crippen MR) is 129 cm³/mol. The van der Waals surface area contributed by atoms with Crippen molar-refractivity contribution in [2.24, 2.45) is 18.5 Å². The van der Waals surface area contributed by atoms with Gasteiger partial charge in [0.15, 0.2) is 11.6 Å². The Bertz CT molecular complexity index is 1260. The predicted octanol–water partition coefficient (Wildman–Crippen LogP) is 2.33. The Hall–Kier alpha value is -3.73. The van der Waals surface area contributed by atoms with Crippen molar-refractivity contribution in [1.82, 2.24) is 19.4 Å². The molecule has 11 heteroatoms. The SMILES string of the molecule is CN(C)C(=O)c1cc2c(Nc3nc(NC4CCCC[C@@H]4N)c(F)cc3C(N)=O)ccnc2n1C. The van der Waals surface area contributed by atoms with Gasteiger partial charge in [0.1, 0.15) is 17.2 Å². The number of amides is 2. The summed E-state index contributed by atoms with van der Waals surface area (Å²) < 4.78 is 16.5. The molecule has 0 aliphatic heterocycles. The number of rotatable bonds is 6. The van der Waals surface area contributed by atoms with E-state index in [-0.39, 0.29) is 35.2 Å². The van der Waals surface area contributed by atoms with Gasteiger partial charge < -0.3 is 31.6 Å². The molecule has 1 aliphatic carbocycles. The fourth-order valence-electron chi connectivity index (χ4n) is 4.28. The van der Waals surface area contributed by atoms with Crippen LogP contribution in [0.4, 0.5) is 21.7 Å². The van der Waals surface area contributed by atoms with Gasteiger partial charge in [0.2, 0.25) is 0 Å².